The van der Waals surface area contributed by atoms with Gasteiger partial charge in [-0.25, -0.2) is 4.79 Å². The van der Waals surface area contributed by atoms with Crippen molar-refractivity contribution in [3.05, 3.63) is 0 Å². The molecule has 1 N–H and O–H groups in total. The molecular formula is C22HF43O2. The first-order chi connectivity index (χ1) is 27.9. The van der Waals surface area contributed by atoms with E-state index in [0.717, 1.165) is 0 Å². The van der Waals surface area contributed by atoms with Gasteiger partial charge in [0.25, 0.3) is 0 Å². The van der Waals surface area contributed by atoms with Gasteiger partial charge in [-0.05, 0) is 0 Å². The Morgan fingerprint density at radius 2 is 0.269 bits per heavy atom. The van der Waals surface area contributed by atoms with Crippen LogP contribution in [0.25, 0.3) is 0 Å². The Labute approximate surface area is 330 Å². The Bertz CT molecular complexity index is 1840. The van der Waals surface area contributed by atoms with Gasteiger partial charge in [-0.2, -0.15) is 189 Å². The average Bonchev–Trinajstić information content (AvgIpc) is 3.09. The lowest BCUT2D eigenvalue weighted by Gasteiger charge is -2.47. The molecule has 0 aliphatic rings. The molecule has 2 nitrogen and oxygen atoms in total. The van der Waals surface area contributed by atoms with Crippen LogP contribution in [0.1, 0.15) is 0 Å². The summed E-state index contributed by atoms with van der Waals surface area (Å²) in [4.78, 5) is 9.98. The first kappa shape index (κ1) is 63.5. The maximum Gasteiger partial charge on any atom is 0.460 e. The van der Waals surface area contributed by atoms with Crippen LogP contribution >= 0.6 is 0 Å². The fraction of sp³-hybridized carbons (Fsp3) is 0.955. The van der Waals surface area contributed by atoms with Crippen molar-refractivity contribution in [3.8, 4) is 0 Å². The van der Waals surface area contributed by atoms with Crippen molar-refractivity contribution < 1.29 is 199 Å². The van der Waals surface area contributed by atoms with Gasteiger partial charge < -0.3 is 5.11 Å². The molecule has 0 spiro atoms. The van der Waals surface area contributed by atoms with E-state index in [1.807, 2.05) is 0 Å². The number of carboxylic acids is 1. The Hall–Kier alpha value is -3.54. The zero-order valence-electron chi connectivity index (χ0n) is 28.1. The smallest absolute Gasteiger partial charge is 0.460 e. The van der Waals surface area contributed by atoms with E-state index in [1.165, 1.54) is 0 Å². The van der Waals surface area contributed by atoms with Crippen LogP contribution in [0.5, 0.6) is 0 Å². The van der Waals surface area contributed by atoms with Crippen molar-refractivity contribution in [2.45, 2.75) is 125 Å². The lowest BCUT2D eigenvalue weighted by atomic mass is 9.81. The molecule has 0 amide bonds. The van der Waals surface area contributed by atoms with Crippen molar-refractivity contribution in [3.63, 3.8) is 0 Å². The number of hydrogen-bond acceptors (Lipinski definition) is 1. The van der Waals surface area contributed by atoms with Crippen LogP contribution in [0, 0.1) is 0 Å². The van der Waals surface area contributed by atoms with E-state index in [4.69, 9.17) is 5.11 Å². The highest BCUT2D eigenvalue weighted by Crippen LogP contribution is 2.71. The molecule has 0 aliphatic carbocycles. The molecule has 0 aromatic heterocycles. The maximum absolute atomic E-state index is 14.0. The van der Waals surface area contributed by atoms with Gasteiger partial charge in [0.05, 0.1) is 0 Å². The van der Waals surface area contributed by atoms with Crippen LogP contribution in [0.3, 0.4) is 0 Å². The largest absolute Gasteiger partial charge is 0.477 e. The topological polar surface area (TPSA) is 37.3 Å². The number of carboxylic acid groups (broad SMARTS) is 1. The Morgan fingerprint density at radius 1 is 0.179 bits per heavy atom. The third-order valence-electron chi connectivity index (χ3n) is 8.12. The third-order valence-corrected chi connectivity index (χ3v) is 8.12. The van der Waals surface area contributed by atoms with Crippen LogP contribution in [-0.2, 0) is 4.79 Å². The fourth-order valence-electron chi connectivity index (χ4n) is 3.86. The summed E-state index contributed by atoms with van der Waals surface area (Å²) in [6, 6.07) is 0. The van der Waals surface area contributed by atoms with Gasteiger partial charge in [-0.15, -0.1) is 0 Å². The van der Waals surface area contributed by atoms with Crippen molar-refractivity contribution in [1.29, 1.82) is 0 Å². The molecule has 0 aromatic carbocycles. The molecule has 0 fully saturated rings. The van der Waals surface area contributed by atoms with E-state index in [2.05, 4.69) is 0 Å². The normalized spacial score (nSPS) is 17.3. The van der Waals surface area contributed by atoms with E-state index < -0.39 is 131 Å². The predicted molar refractivity (Wildman–Crippen MR) is 113 cm³/mol. The van der Waals surface area contributed by atoms with Crippen molar-refractivity contribution in [1.82, 2.24) is 0 Å². The molecule has 0 unspecified atom stereocenters. The quantitative estimate of drug-likeness (QED) is 0.123. The third kappa shape index (κ3) is 6.86. The van der Waals surface area contributed by atoms with Gasteiger partial charge in [0.15, 0.2) is 0 Å². The molecule has 0 aliphatic heterocycles. The van der Waals surface area contributed by atoms with Gasteiger partial charge in [-0.3, -0.25) is 0 Å². The summed E-state index contributed by atoms with van der Waals surface area (Å²) in [6.07, 6.45) is -8.56. The summed E-state index contributed by atoms with van der Waals surface area (Å²) in [5.41, 5.74) is 0. The monoisotopic (exact) mass is 1110 g/mol. The average molecular weight is 1110 g/mol. The van der Waals surface area contributed by atoms with Gasteiger partial charge in [0, 0.05) is 0 Å². The summed E-state index contributed by atoms with van der Waals surface area (Å²) in [7, 11) is 0. The van der Waals surface area contributed by atoms with Gasteiger partial charge >= 0.3 is 131 Å². The molecule has 0 heterocycles. The molecule has 402 valence electrons. The fourth-order valence-corrected chi connectivity index (χ4v) is 3.86. The minimum atomic E-state index is -10.7. The van der Waals surface area contributed by atoms with Crippen LogP contribution in [0.2, 0.25) is 0 Å². The van der Waals surface area contributed by atoms with Crippen molar-refractivity contribution in [2.24, 2.45) is 0 Å². The highest BCUT2D eigenvalue weighted by atomic mass is 19.4. The highest BCUT2D eigenvalue weighted by molar-refractivity contribution is 5.77. The molecule has 0 saturated carbocycles. The van der Waals surface area contributed by atoms with E-state index in [0.29, 0.717) is 0 Å². The number of halogens is 43. The summed E-state index contributed by atoms with van der Waals surface area (Å²) < 4.78 is 583. The molecule has 0 radical (unpaired) electrons. The van der Waals surface area contributed by atoms with Crippen LogP contribution in [-0.4, -0.2) is 136 Å². The number of carbonyl (C=O) groups is 1. The summed E-state index contributed by atoms with van der Waals surface area (Å²) >= 11 is 0. The van der Waals surface area contributed by atoms with Gasteiger partial charge in [-0.1, -0.05) is 0 Å². The predicted octanol–water partition coefficient (Wildman–Crippen LogP) is 13.3. The first-order valence-corrected chi connectivity index (χ1v) is 13.8. The second kappa shape index (κ2) is 15.0. The van der Waals surface area contributed by atoms with Crippen LogP contribution in [0.4, 0.5) is 189 Å². The molecular weight excluding hydrogens is 1110 g/mol. The zero-order chi connectivity index (χ0) is 56.1. The highest BCUT2D eigenvalue weighted by Gasteiger charge is 3.03. The minimum Gasteiger partial charge on any atom is -0.477 e. The Morgan fingerprint density at radius 3 is 0.358 bits per heavy atom. The zero-order valence-corrected chi connectivity index (χ0v) is 28.1. The van der Waals surface area contributed by atoms with Crippen molar-refractivity contribution in [2.75, 3.05) is 0 Å². The minimum absolute atomic E-state index is 4.98. The van der Waals surface area contributed by atoms with Crippen LogP contribution < -0.4 is 0 Å². The molecule has 0 aromatic rings. The second-order valence-corrected chi connectivity index (χ2v) is 12.3. The first-order valence-electron chi connectivity index (χ1n) is 13.8. The number of rotatable bonds is 20. The lowest BCUT2D eigenvalue weighted by molar-refractivity contribution is -0.496. The summed E-state index contributed by atoms with van der Waals surface area (Å²) in [6.45, 7) is 0. The van der Waals surface area contributed by atoms with Crippen molar-refractivity contribution >= 4 is 5.97 Å². The van der Waals surface area contributed by atoms with Crippen LogP contribution in [0.15, 0.2) is 0 Å². The second-order valence-electron chi connectivity index (χ2n) is 12.3. The lowest BCUT2D eigenvalue weighted by Crippen LogP contribution is -2.81. The van der Waals surface area contributed by atoms with E-state index >= 15 is 0 Å². The molecule has 0 bridgehead atoms. The Kier molecular flexibility index (Phi) is 14.2. The number of hydrogen-bond donors (Lipinski definition) is 1. The van der Waals surface area contributed by atoms with E-state index in [-0.39, 0.29) is 0 Å². The summed E-state index contributed by atoms with van der Waals surface area (Å²) in [5, 5.41) is 7.67. The summed E-state index contributed by atoms with van der Waals surface area (Å²) in [5.74, 6) is -208. The SMILES string of the molecule is O=C(O)C(F)(F)C(F)(F)C(F)(F)C(F)(F)C(F)(F)C(F)(F)C(F)(F)C(F)(F)C(F)(F)C(F)(F)C(F)(F)C(F)(F)C(F)(F)C(F)(F)C(F)(F)C(F)(F)C(F)(F)C(F)(F)C(F)(F)C(F)(F)C(F)(F)F. The van der Waals surface area contributed by atoms with E-state index in [9.17, 15) is 194 Å². The number of alkyl halides is 43. The Balaban J connectivity index is 8.07. The molecule has 45 heteroatoms. The molecule has 0 rings (SSSR count). The van der Waals surface area contributed by atoms with Gasteiger partial charge in [0.1, 0.15) is 0 Å². The molecule has 0 saturated heterocycles. The standard InChI is InChI=1S/C22HF43O2/c23-2(24,1(66)67)3(25,26)4(27,28)5(29,30)6(31,32)7(33,34)8(35,36)9(37,38)10(39,40)11(41,42)12(43,44)13(45,46)14(47,48)15(49,50)16(51,52)17(53,54)18(55,56)19(57,58)20(59,60)21(61,62)22(63,64)65/h(H,66,67). The maximum atomic E-state index is 14.0. The van der Waals surface area contributed by atoms with Gasteiger partial charge in [0.2, 0.25) is 0 Å². The van der Waals surface area contributed by atoms with E-state index in [1.54, 1.807) is 0 Å². The molecule has 0 atom stereocenters. The molecule has 67 heavy (non-hydrogen) atoms. The number of aliphatic carboxylic acids is 1.